The Morgan fingerprint density at radius 3 is 2.46 bits per heavy atom. The van der Waals surface area contributed by atoms with Crippen LogP contribution in [0.5, 0.6) is 5.75 Å². The fourth-order valence-electron chi connectivity index (χ4n) is 4.54. The van der Waals surface area contributed by atoms with Crippen molar-refractivity contribution in [2.24, 2.45) is 0 Å². The summed E-state index contributed by atoms with van der Waals surface area (Å²) in [5.74, 6) is 1.35. The number of hydrogen-bond donors (Lipinski definition) is 3. The third kappa shape index (κ3) is 7.94. The zero-order chi connectivity index (χ0) is 28.4. The summed E-state index contributed by atoms with van der Waals surface area (Å²) in [5.41, 5.74) is 2.18. The van der Waals surface area contributed by atoms with E-state index in [1.807, 2.05) is 12.1 Å². The molecule has 0 atom stereocenters. The Bertz CT molecular complexity index is 1140. The van der Waals surface area contributed by atoms with Gasteiger partial charge >= 0.3 is 0 Å². The molecular formula is C26H36ClN7O5. The molecule has 2 saturated heterocycles. The van der Waals surface area contributed by atoms with Crippen LogP contribution in [0.1, 0.15) is 12.8 Å². The van der Waals surface area contributed by atoms with E-state index >= 15 is 0 Å². The first kappa shape index (κ1) is 29.9. The molecule has 0 bridgehead atoms. The molecule has 0 saturated carbocycles. The number of nitrogens with one attached hydrogen (secondary N) is 2. The van der Waals surface area contributed by atoms with Crippen LogP contribution in [0.4, 0.5) is 28.8 Å². The molecule has 1 amide bonds. The lowest BCUT2D eigenvalue weighted by molar-refractivity contribution is -0.122. The number of amides is 1. The smallest absolute Gasteiger partial charge is 0.290 e. The molecule has 0 spiro atoms. The zero-order valence-corrected chi connectivity index (χ0v) is 23.3. The topological polar surface area (TPSA) is 132 Å². The largest absolute Gasteiger partial charge is 0.494 e. The molecule has 1 aromatic heterocycles. The SMILES string of the molecule is C=CC(=O)Nc1cc(Nc2ncc(Cl)c(N3CCOCC3)n2)c(OC)cc1N1CCC(N(C)C)CC1.O=CO. The first-order valence-electron chi connectivity index (χ1n) is 12.6. The Labute approximate surface area is 233 Å². The van der Waals surface area contributed by atoms with E-state index in [1.165, 1.54) is 6.08 Å². The third-order valence-corrected chi connectivity index (χ3v) is 6.85. The van der Waals surface area contributed by atoms with Gasteiger partial charge in [0.1, 0.15) is 10.8 Å². The zero-order valence-electron chi connectivity index (χ0n) is 22.5. The number of halogens is 1. The van der Waals surface area contributed by atoms with E-state index in [4.69, 9.17) is 31.0 Å². The van der Waals surface area contributed by atoms with Crippen LogP contribution in [0.2, 0.25) is 5.02 Å². The van der Waals surface area contributed by atoms with Gasteiger partial charge in [-0.25, -0.2) is 4.98 Å². The number of anilines is 5. The molecule has 0 radical (unpaired) electrons. The number of hydrogen-bond acceptors (Lipinski definition) is 10. The highest BCUT2D eigenvalue weighted by molar-refractivity contribution is 6.32. The molecule has 3 heterocycles. The van der Waals surface area contributed by atoms with Crippen molar-refractivity contribution in [3.05, 3.63) is 36.0 Å². The molecule has 2 aliphatic heterocycles. The molecule has 1 aromatic carbocycles. The Balaban J connectivity index is 0.00000134. The fraction of sp³-hybridized carbons (Fsp3) is 0.462. The molecular weight excluding hydrogens is 526 g/mol. The second kappa shape index (κ2) is 14.5. The standard InChI is InChI=1S/C25H34ClN7O3.CH2O2/c1-5-23(34)28-19-14-20(22(35-4)15-21(19)32-8-6-17(7-9-32)31(2)3)29-25-27-16-18(26)24(30-25)33-10-12-36-13-11-33;2-1-3/h5,14-17H,1,6-13H2,2-4H3,(H,28,34)(H,27,29,30);1H,(H,2,3). The van der Waals surface area contributed by atoms with E-state index in [-0.39, 0.29) is 12.4 Å². The number of methoxy groups -OCH3 is 1. The quantitative estimate of drug-likeness (QED) is 0.324. The second-order valence-electron chi connectivity index (χ2n) is 9.14. The van der Waals surface area contributed by atoms with Gasteiger partial charge < -0.3 is 39.9 Å². The van der Waals surface area contributed by atoms with E-state index in [0.29, 0.717) is 66.3 Å². The van der Waals surface area contributed by atoms with Crippen LogP contribution < -0.4 is 25.2 Å². The lowest BCUT2D eigenvalue weighted by Crippen LogP contribution is -2.42. The van der Waals surface area contributed by atoms with Gasteiger partial charge in [-0.2, -0.15) is 4.98 Å². The van der Waals surface area contributed by atoms with Gasteiger partial charge in [-0.15, -0.1) is 0 Å². The van der Waals surface area contributed by atoms with Gasteiger partial charge in [-0.1, -0.05) is 18.2 Å². The maximum Gasteiger partial charge on any atom is 0.290 e. The van der Waals surface area contributed by atoms with Crippen LogP contribution in [0.25, 0.3) is 0 Å². The summed E-state index contributed by atoms with van der Waals surface area (Å²) in [4.78, 5) is 36.3. The van der Waals surface area contributed by atoms with Gasteiger partial charge in [0, 0.05) is 38.3 Å². The number of piperidine rings is 1. The molecule has 212 valence electrons. The number of carbonyl (C=O) groups excluding carboxylic acids is 1. The summed E-state index contributed by atoms with van der Waals surface area (Å²) in [6.07, 6.45) is 4.91. The van der Waals surface area contributed by atoms with Gasteiger partial charge in [0.2, 0.25) is 11.9 Å². The van der Waals surface area contributed by atoms with E-state index in [1.54, 1.807) is 13.3 Å². The number of nitrogens with zero attached hydrogens (tertiary/aromatic N) is 5. The number of carbonyl (C=O) groups is 2. The summed E-state index contributed by atoms with van der Waals surface area (Å²) in [5, 5.41) is 13.6. The maximum absolute atomic E-state index is 12.3. The lowest BCUT2D eigenvalue weighted by atomic mass is 10.0. The monoisotopic (exact) mass is 561 g/mol. The molecule has 0 unspecified atom stereocenters. The van der Waals surface area contributed by atoms with E-state index in [2.05, 4.69) is 56.0 Å². The minimum atomic E-state index is -0.284. The van der Waals surface area contributed by atoms with Crippen LogP contribution in [-0.4, -0.2) is 99.0 Å². The first-order valence-corrected chi connectivity index (χ1v) is 13.0. The van der Waals surface area contributed by atoms with Crippen molar-refractivity contribution in [3.8, 4) is 5.75 Å². The number of carboxylic acid groups (broad SMARTS) is 1. The molecule has 3 N–H and O–H groups in total. The first-order chi connectivity index (χ1) is 18.8. The summed E-state index contributed by atoms with van der Waals surface area (Å²) in [6.45, 7) is 7.75. The van der Waals surface area contributed by atoms with Crippen LogP contribution in [0, 0.1) is 0 Å². The van der Waals surface area contributed by atoms with Crippen molar-refractivity contribution in [3.63, 3.8) is 0 Å². The Hall–Kier alpha value is -3.61. The highest BCUT2D eigenvalue weighted by atomic mass is 35.5. The van der Waals surface area contributed by atoms with Crippen LogP contribution in [0.15, 0.2) is 31.0 Å². The number of aromatic nitrogens is 2. The van der Waals surface area contributed by atoms with Gasteiger partial charge in [-0.3, -0.25) is 9.59 Å². The number of rotatable bonds is 8. The molecule has 2 fully saturated rings. The van der Waals surface area contributed by atoms with Crippen molar-refractivity contribution in [2.45, 2.75) is 18.9 Å². The van der Waals surface area contributed by atoms with Crippen molar-refractivity contribution in [1.82, 2.24) is 14.9 Å². The van der Waals surface area contributed by atoms with Gasteiger partial charge in [0.05, 0.1) is 43.6 Å². The summed E-state index contributed by atoms with van der Waals surface area (Å²) < 4.78 is 11.2. The lowest BCUT2D eigenvalue weighted by Gasteiger charge is -2.37. The predicted molar refractivity (Wildman–Crippen MR) is 153 cm³/mol. The van der Waals surface area contributed by atoms with Crippen molar-refractivity contribution < 1.29 is 24.2 Å². The number of morpholine rings is 1. The predicted octanol–water partition coefficient (Wildman–Crippen LogP) is 3.07. The van der Waals surface area contributed by atoms with Crippen molar-refractivity contribution >= 4 is 52.8 Å². The molecule has 2 aromatic rings. The minimum absolute atomic E-state index is 0.250. The summed E-state index contributed by atoms with van der Waals surface area (Å²) in [6, 6.07) is 4.33. The van der Waals surface area contributed by atoms with E-state index in [9.17, 15) is 4.79 Å². The molecule has 12 nitrogen and oxygen atoms in total. The third-order valence-electron chi connectivity index (χ3n) is 6.58. The normalized spacial score (nSPS) is 15.7. The Kier molecular flexibility index (Phi) is 11.1. The second-order valence-corrected chi connectivity index (χ2v) is 9.55. The summed E-state index contributed by atoms with van der Waals surface area (Å²) >= 11 is 6.40. The molecule has 4 rings (SSSR count). The Morgan fingerprint density at radius 1 is 1.21 bits per heavy atom. The highest BCUT2D eigenvalue weighted by Crippen LogP contribution is 2.39. The van der Waals surface area contributed by atoms with Gasteiger partial charge in [0.25, 0.3) is 6.47 Å². The Morgan fingerprint density at radius 2 is 1.87 bits per heavy atom. The average Bonchev–Trinajstić information content (AvgIpc) is 2.95. The van der Waals surface area contributed by atoms with Crippen molar-refractivity contribution in [1.29, 1.82) is 0 Å². The number of benzene rings is 1. The van der Waals surface area contributed by atoms with Crippen LogP contribution >= 0.6 is 11.6 Å². The summed E-state index contributed by atoms with van der Waals surface area (Å²) in [7, 11) is 5.85. The molecule has 0 aliphatic carbocycles. The minimum Gasteiger partial charge on any atom is -0.494 e. The maximum atomic E-state index is 12.3. The van der Waals surface area contributed by atoms with Crippen molar-refractivity contribution in [2.75, 3.05) is 81.0 Å². The van der Waals surface area contributed by atoms with E-state index < -0.39 is 0 Å². The average molecular weight is 562 g/mol. The van der Waals surface area contributed by atoms with Crippen LogP contribution in [-0.2, 0) is 14.3 Å². The molecule has 39 heavy (non-hydrogen) atoms. The fourth-order valence-corrected chi connectivity index (χ4v) is 4.75. The van der Waals surface area contributed by atoms with Crippen LogP contribution in [0.3, 0.4) is 0 Å². The molecule has 2 aliphatic rings. The van der Waals surface area contributed by atoms with E-state index in [0.717, 1.165) is 31.6 Å². The highest BCUT2D eigenvalue weighted by Gasteiger charge is 2.25. The van der Waals surface area contributed by atoms with Gasteiger partial charge in [0.15, 0.2) is 5.82 Å². The van der Waals surface area contributed by atoms with Gasteiger partial charge in [-0.05, 0) is 39.1 Å². The molecule has 13 heteroatoms. The number of ether oxygens (including phenoxy) is 2.